The maximum absolute atomic E-state index is 12.2. The minimum absolute atomic E-state index is 0.0516. The third kappa shape index (κ3) is 3.78. The highest BCUT2D eigenvalue weighted by molar-refractivity contribution is 5.82. The van der Waals surface area contributed by atoms with Crippen molar-refractivity contribution in [1.29, 1.82) is 0 Å². The van der Waals surface area contributed by atoms with Gasteiger partial charge >= 0.3 is 5.69 Å². The molecule has 0 saturated heterocycles. The van der Waals surface area contributed by atoms with Crippen LogP contribution >= 0.6 is 0 Å². The van der Waals surface area contributed by atoms with Gasteiger partial charge in [-0.25, -0.2) is 4.79 Å². The van der Waals surface area contributed by atoms with Crippen LogP contribution in [0.3, 0.4) is 0 Å². The third-order valence-corrected chi connectivity index (χ3v) is 5.49. The number of imidazole rings is 1. The summed E-state index contributed by atoms with van der Waals surface area (Å²) in [7, 11) is 0. The Morgan fingerprint density at radius 1 is 1.04 bits per heavy atom. The number of aromatic hydroxyl groups is 1. The van der Waals surface area contributed by atoms with Gasteiger partial charge in [-0.2, -0.15) is 0 Å². The summed E-state index contributed by atoms with van der Waals surface area (Å²) in [5.74, 6) is 0.182. The van der Waals surface area contributed by atoms with Crippen molar-refractivity contribution < 1.29 is 5.11 Å². The molecule has 0 fully saturated rings. The molecule has 0 unspecified atom stereocenters. The fourth-order valence-electron chi connectivity index (χ4n) is 3.98. The Labute approximate surface area is 159 Å². The predicted molar refractivity (Wildman–Crippen MR) is 108 cm³/mol. The van der Waals surface area contributed by atoms with E-state index in [9.17, 15) is 9.90 Å². The summed E-state index contributed by atoms with van der Waals surface area (Å²) in [5.41, 5.74) is 2.11. The number of benzene rings is 2. The van der Waals surface area contributed by atoms with Crippen molar-refractivity contribution in [3.63, 3.8) is 0 Å². The zero-order valence-corrected chi connectivity index (χ0v) is 15.7. The molecule has 0 bridgehead atoms. The predicted octanol–water partition coefficient (Wildman–Crippen LogP) is 3.07. The maximum Gasteiger partial charge on any atom is 0.331 e. The average molecular weight is 365 g/mol. The molecule has 0 aliphatic carbocycles. The Morgan fingerprint density at radius 2 is 1.89 bits per heavy atom. The second-order valence-corrected chi connectivity index (χ2v) is 7.35. The fraction of sp³-hybridized carbons (Fsp3) is 0.409. The number of nitrogens with one attached hydrogen (secondary N) is 1. The summed E-state index contributed by atoms with van der Waals surface area (Å²) in [4.78, 5) is 12.2. The molecule has 2 N–H and O–H groups in total. The first-order valence-electron chi connectivity index (χ1n) is 9.93. The molecule has 27 heavy (non-hydrogen) atoms. The molecule has 2 heterocycles. The van der Waals surface area contributed by atoms with E-state index < -0.39 is 0 Å². The lowest BCUT2D eigenvalue weighted by Crippen LogP contribution is -2.24. The van der Waals surface area contributed by atoms with Crippen molar-refractivity contribution in [2.45, 2.75) is 45.2 Å². The molecule has 142 valence electrons. The van der Waals surface area contributed by atoms with E-state index in [1.54, 1.807) is 4.57 Å². The molecule has 1 aliphatic heterocycles. The maximum atomic E-state index is 12.2. The topological polar surface area (TPSA) is 59.2 Å². The van der Waals surface area contributed by atoms with Gasteiger partial charge in [0.1, 0.15) is 0 Å². The number of hydrogen-bond donors (Lipinski definition) is 2. The molecule has 2 aromatic carbocycles. The molecule has 4 rings (SSSR count). The van der Waals surface area contributed by atoms with Crippen LogP contribution in [0.15, 0.2) is 47.3 Å². The van der Waals surface area contributed by atoms with Crippen LogP contribution in [0.2, 0.25) is 0 Å². The Hall–Kier alpha value is -2.53. The van der Waals surface area contributed by atoms with Gasteiger partial charge in [-0.3, -0.25) is 9.13 Å². The Balaban J connectivity index is 1.18. The fourth-order valence-corrected chi connectivity index (χ4v) is 3.98. The van der Waals surface area contributed by atoms with Crippen molar-refractivity contribution in [1.82, 2.24) is 14.5 Å². The Bertz CT molecular complexity index is 987. The first-order chi connectivity index (χ1) is 13.2. The van der Waals surface area contributed by atoms with E-state index in [1.807, 2.05) is 0 Å². The second kappa shape index (κ2) is 8.01. The smallest absolute Gasteiger partial charge is 0.331 e. The third-order valence-electron chi connectivity index (χ3n) is 5.49. The zero-order valence-electron chi connectivity index (χ0n) is 15.7. The Kier molecular flexibility index (Phi) is 5.30. The number of nitrogens with zero attached hydrogens (tertiary/aromatic N) is 2. The van der Waals surface area contributed by atoms with E-state index in [1.165, 1.54) is 20.9 Å². The van der Waals surface area contributed by atoms with Crippen LogP contribution in [0, 0.1) is 0 Å². The Morgan fingerprint density at radius 3 is 2.74 bits per heavy atom. The molecule has 1 aliphatic rings. The summed E-state index contributed by atoms with van der Waals surface area (Å²) >= 11 is 0. The van der Waals surface area contributed by atoms with E-state index in [0.29, 0.717) is 6.54 Å². The highest BCUT2D eigenvalue weighted by Gasteiger charge is 2.22. The van der Waals surface area contributed by atoms with Crippen molar-refractivity contribution in [2.24, 2.45) is 0 Å². The van der Waals surface area contributed by atoms with Crippen LogP contribution in [0.25, 0.3) is 10.8 Å². The van der Waals surface area contributed by atoms with Gasteiger partial charge in [0.15, 0.2) is 0 Å². The van der Waals surface area contributed by atoms with Crippen molar-refractivity contribution in [3.05, 3.63) is 64.2 Å². The molecular weight excluding hydrogens is 338 g/mol. The standard InChI is InChI=1S/C22H27N3O2/c26-21-20-8-5-15-24(20)22(27)25(21)14-4-3-12-23-13-11-17-9-10-18-6-1-2-7-19(18)16-17/h1-2,6-7,9-10,16,23,26H,3-5,8,11-15H2. The van der Waals surface area contributed by atoms with E-state index in [4.69, 9.17) is 0 Å². The van der Waals surface area contributed by atoms with Crippen molar-refractivity contribution in [2.75, 3.05) is 13.1 Å². The molecule has 0 atom stereocenters. The van der Waals surface area contributed by atoms with Gasteiger partial charge in [-0.1, -0.05) is 42.5 Å². The SMILES string of the molecule is O=c1n(CCCCNCCc2ccc3ccccc3c2)c(O)c2n1CCC2. The van der Waals surface area contributed by atoms with Crippen LogP contribution in [-0.4, -0.2) is 27.3 Å². The molecule has 0 saturated carbocycles. The molecular formula is C22H27N3O2. The van der Waals surface area contributed by atoms with Gasteiger partial charge < -0.3 is 10.4 Å². The molecule has 0 amide bonds. The first-order valence-corrected chi connectivity index (χ1v) is 9.93. The van der Waals surface area contributed by atoms with Crippen LogP contribution in [0.5, 0.6) is 5.88 Å². The van der Waals surface area contributed by atoms with E-state index in [-0.39, 0.29) is 11.6 Å². The van der Waals surface area contributed by atoms with E-state index >= 15 is 0 Å². The van der Waals surface area contributed by atoms with Gasteiger partial charge in [0.05, 0.1) is 5.69 Å². The number of aromatic nitrogens is 2. The van der Waals surface area contributed by atoms with Crippen LogP contribution in [0.1, 0.15) is 30.5 Å². The highest BCUT2D eigenvalue weighted by Crippen LogP contribution is 2.23. The van der Waals surface area contributed by atoms with Gasteiger partial charge in [-0.05, 0) is 61.5 Å². The summed E-state index contributed by atoms with van der Waals surface area (Å²) in [5, 5.41) is 16.3. The number of hydrogen-bond acceptors (Lipinski definition) is 3. The number of unbranched alkanes of at least 4 members (excludes halogenated alkanes) is 1. The van der Waals surface area contributed by atoms with E-state index in [0.717, 1.165) is 57.4 Å². The van der Waals surface area contributed by atoms with Crippen LogP contribution in [-0.2, 0) is 25.9 Å². The molecule has 3 aromatic rings. The summed E-state index contributed by atoms with van der Waals surface area (Å²) < 4.78 is 3.25. The average Bonchev–Trinajstić information content (AvgIpc) is 3.26. The van der Waals surface area contributed by atoms with Gasteiger partial charge in [-0.15, -0.1) is 0 Å². The van der Waals surface area contributed by atoms with Gasteiger partial charge in [0, 0.05) is 13.1 Å². The van der Waals surface area contributed by atoms with Crippen LogP contribution in [0.4, 0.5) is 0 Å². The monoisotopic (exact) mass is 365 g/mol. The zero-order chi connectivity index (χ0) is 18.6. The minimum Gasteiger partial charge on any atom is -0.493 e. The quantitative estimate of drug-likeness (QED) is 0.603. The molecule has 0 spiro atoms. The van der Waals surface area contributed by atoms with Gasteiger partial charge in [0.2, 0.25) is 5.88 Å². The number of rotatable bonds is 8. The molecule has 5 heteroatoms. The molecule has 5 nitrogen and oxygen atoms in total. The summed E-state index contributed by atoms with van der Waals surface area (Å²) in [6.45, 7) is 3.21. The second-order valence-electron chi connectivity index (χ2n) is 7.35. The normalized spacial score (nSPS) is 13.3. The van der Waals surface area contributed by atoms with E-state index in [2.05, 4.69) is 47.8 Å². The lowest BCUT2D eigenvalue weighted by molar-refractivity contribution is 0.400. The lowest BCUT2D eigenvalue weighted by atomic mass is 10.1. The highest BCUT2D eigenvalue weighted by atomic mass is 16.3. The number of fused-ring (bicyclic) bond motifs is 2. The lowest BCUT2D eigenvalue weighted by Gasteiger charge is -2.07. The van der Waals surface area contributed by atoms with Gasteiger partial charge in [0.25, 0.3) is 0 Å². The van der Waals surface area contributed by atoms with Crippen molar-refractivity contribution in [3.8, 4) is 5.88 Å². The first kappa shape index (κ1) is 17.9. The van der Waals surface area contributed by atoms with Crippen LogP contribution < -0.4 is 11.0 Å². The van der Waals surface area contributed by atoms with Crippen molar-refractivity contribution >= 4 is 10.8 Å². The summed E-state index contributed by atoms with van der Waals surface area (Å²) in [6.07, 6.45) is 4.66. The minimum atomic E-state index is -0.0516. The molecule has 1 aromatic heterocycles. The summed E-state index contributed by atoms with van der Waals surface area (Å²) in [6, 6.07) is 15.1. The molecule has 0 radical (unpaired) electrons. The largest absolute Gasteiger partial charge is 0.493 e.